The molecule has 28 heavy (non-hydrogen) atoms. The van der Waals surface area contributed by atoms with Gasteiger partial charge in [-0.25, -0.2) is 4.79 Å². The van der Waals surface area contributed by atoms with Crippen molar-refractivity contribution in [3.63, 3.8) is 0 Å². The Morgan fingerprint density at radius 2 is 1.68 bits per heavy atom. The van der Waals surface area contributed by atoms with Crippen molar-refractivity contribution < 1.29 is 14.3 Å². The van der Waals surface area contributed by atoms with Crippen LogP contribution in [-0.2, 0) is 0 Å². The summed E-state index contributed by atoms with van der Waals surface area (Å²) in [6.45, 7) is 0. The van der Waals surface area contributed by atoms with Crippen molar-refractivity contribution in [2.75, 3.05) is 0 Å². The van der Waals surface area contributed by atoms with Crippen LogP contribution in [0.5, 0.6) is 5.75 Å². The molecular formula is C22H23N3O3. The normalized spacial score (nSPS) is 14.9. The maximum absolute atomic E-state index is 11.9. The van der Waals surface area contributed by atoms with E-state index in [9.17, 15) is 9.59 Å². The van der Waals surface area contributed by atoms with Gasteiger partial charge < -0.3 is 16.2 Å². The highest BCUT2D eigenvalue weighted by Gasteiger charge is 2.18. The number of primary amides is 2. The summed E-state index contributed by atoms with van der Waals surface area (Å²) < 4.78 is 7.62. The molecule has 0 bridgehead atoms. The van der Waals surface area contributed by atoms with Gasteiger partial charge in [-0.15, -0.1) is 0 Å². The zero-order valence-electron chi connectivity index (χ0n) is 15.6. The summed E-state index contributed by atoms with van der Waals surface area (Å²) in [7, 11) is 0. The monoisotopic (exact) mass is 377 g/mol. The summed E-state index contributed by atoms with van der Waals surface area (Å²) in [5.41, 5.74) is 13.7. The van der Waals surface area contributed by atoms with Gasteiger partial charge in [0.25, 0.3) is 0 Å². The van der Waals surface area contributed by atoms with Crippen LogP contribution < -0.4 is 16.2 Å². The SMILES string of the molecule is NC(=O)c1ccc(-c2cn(C(N)=O)c3ccc(OC4CCCCC4)cc23)cc1. The van der Waals surface area contributed by atoms with E-state index >= 15 is 0 Å². The van der Waals surface area contributed by atoms with E-state index in [1.54, 1.807) is 18.3 Å². The van der Waals surface area contributed by atoms with Gasteiger partial charge in [0.2, 0.25) is 5.91 Å². The molecule has 0 atom stereocenters. The Kier molecular flexibility index (Phi) is 4.77. The van der Waals surface area contributed by atoms with E-state index in [0.717, 1.165) is 40.6 Å². The van der Waals surface area contributed by atoms with Gasteiger partial charge in [-0.2, -0.15) is 0 Å². The molecule has 1 heterocycles. The van der Waals surface area contributed by atoms with E-state index in [2.05, 4.69) is 0 Å². The number of carbonyl (C=O) groups excluding carboxylic acids is 2. The fourth-order valence-electron chi connectivity index (χ4n) is 3.88. The fraction of sp³-hybridized carbons (Fsp3) is 0.273. The van der Waals surface area contributed by atoms with E-state index < -0.39 is 11.9 Å². The summed E-state index contributed by atoms with van der Waals surface area (Å²) in [6, 6.07) is 12.1. The lowest BCUT2D eigenvalue weighted by Crippen LogP contribution is -2.19. The van der Waals surface area contributed by atoms with Crippen LogP contribution >= 0.6 is 0 Å². The van der Waals surface area contributed by atoms with Crippen LogP contribution in [0.3, 0.4) is 0 Å². The summed E-state index contributed by atoms with van der Waals surface area (Å²) in [5, 5.41) is 0.874. The van der Waals surface area contributed by atoms with Gasteiger partial charge in [0.05, 0.1) is 11.6 Å². The average molecular weight is 377 g/mol. The Hall–Kier alpha value is -3.28. The predicted molar refractivity (Wildman–Crippen MR) is 108 cm³/mol. The lowest BCUT2D eigenvalue weighted by molar-refractivity contribution is 0.1000. The highest BCUT2D eigenvalue weighted by molar-refractivity contribution is 6.02. The Labute approximate surface area is 163 Å². The third kappa shape index (κ3) is 3.45. The van der Waals surface area contributed by atoms with E-state index in [0.29, 0.717) is 5.56 Å². The van der Waals surface area contributed by atoms with Crippen LogP contribution in [0.15, 0.2) is 48.7 Å². The molecule has 1 aliphatic rings. The van der Waals surface area contributed by atoms with E-state index in [4.69, 9.17) is 16.2 Å². The molecule has 1 saturated carbocycles. The van der Waals surface area contributed by atoms with Gasteiger partial charge in [-0.05, 0) is 61.6 Å². The maximum atomic E-state index is 11.9. The molecule has 0 spiro atoms. The van der Waals surface area contributed by atoms with Gasteiger partial charge in [0, 0.05) is 22.7 Å². The zero-order valence-corrected chi connectivity index (χ0v) is 15.6. The molecule has 0 aliphatic heterocycles. The summed E-state index contributed by atoms with van der Waals surface area (Å²) in [5.74, 6) is 0.311. The molecule has 2 aromatic carbocycles. The van der Waals surface area contributed by atoms with Crippen LogP contribution in [0.2, 0.25) is 0 Å². The number of benzene rings is 2. The lowest BCUT2D eigenvalue weighted by Gasteiger charge is -2.23. The maximum Gasteiger partial charge on any atom is 0.323 e. The van der Waals surface area contributed by atoms with Crippen molar-refractivity contribution in [3.05, 3.63) is 54.2 Å². The van der Waals surface area contributed by atoms with Crippen molar-refractivity contribution in [2.45, 2.75) is 38.2 Å². The van der Waals surface area contributed by atoms with Crippen LogP contribution in [0.25, 0.3) is 22.0 Å². The second kappa shape index (κ2) is 7.38. The fourth-order valence-corrected chi connectivity index (χ4v) is 3.88. The molecule has 0 saturated heterocycles. The number of amides is 2. The largest absolute Gasteiger partial charge is 0.490 e. The zero-order chi connectivity index (χ0) is 19.7. The quantitative estimate of drug-likeness (QED) is 0.717. The number of hydrogen-bond donors (Lipinski definition) is 2. The second-order valence-corrected chi connectivity index (χ2v) is 7.25. The molecule has 1 aliphatic carbocycles. The van der Waals surface area contributed by atoms with Crippen molar-refractivity contribution in [3.8, 4) is 16.9 Å². The average Bonchev–Trinajstić information content (AvgIpc) is 3.08. The predicted octanol–water partition coefficient (Wildman–Crippen LogP) is 4.05. The molecule has 144 valence electrons. The van der Waals surface area contributed by atoms with Crippen LogP contribution in [-0.4, -0.2) is 22.6 Å². The number of nitrogens with two attached hydrogens (primary N) is 2. The molecule has 4 N–H and O–H groups in total. The highest BCUT2D eigenvalue weighted by atomic mass is 16.5. The van der Waals surface area contributed by atoms with Gasteiger partial charge in [-0.3, -0.25) is 9.36 Å². The van der Waals surface area contributed by atoms with Crippen LogP contribution in [0.1, 0.15) is 42.5 Å². The molecule has 1 aromatic heterocycles. The first-order chi connectivity index (χ1) is 13.5. The summed E-state index contributed by atoms with van der Waals surface area (Å²) >= 11 is 0. The third-order valence-electron chi connectivity index (χ3n) is 5.35. The first-order valence-corrected chi connectivity index (χ1v) is 9.55. The Balaban J connectivity index is 1.76. The number of fused-ring (bicyclic) bond motifs is 1. The Bertz CT molecular complexity index is 1030. The van der Waals surface area contributed by atoms with E-state index in [-0.39, 0.29) is 6.10 Å². The minimum atomic E-state index is -0.550. The van der Waals surface area contributed by atoms with Gasteiger partial charge in [0.1, 0.15) is 5.75 Å². The minimum Gasteiger partial charge on any atom is -0.490 e. The molecule has 1 fully saturated rings. The molecular weight excluding hydrogens is 354 g/mol. The number of hydrogen-bond acceptors (Lipinski definition) is 3. The van der Waals surface area contributed by atoms with Gasteiger partial charge in [0.15, 0.2) is 0 Å². The van der Waals surface area contributed by atoms with Crippen molar-refractivity contribution in [2.24, 2.45) is 11.5 Å². The van der Waals surface area contributed by atoms with Gasteiger partial charge in [-0.1, -0.05) is 18.6 Å². The van der Waals surface area contributed by atoms with E-state index in [1.165, 1.54) is 23.8 Å². The highest BCUT2D eigenvalue weighted by Crippen LogP contribution is 2.34. The standard InChI is InChI=1S/C22H23N3O3/c23-21(26)15-8-6-14(7-9-15)19-13-25(22(24)27)20-11-10-17(12-18(19)20)28-16-4-2-1-3-5-16/h6-13,16H,1-5H2,(H2,23,26)(H2,24,27). The lowest BCUT2D eigenvalue weighted by atomic mass is 9.98. The number of aromatic nitrogens is 1. The Morgan fingerprint density at radius 3 is 2.32 bits per heavy atom. The smallest absolute Gasteiger partial charge is 0.323 e. The number of nitrogens with zero attached hydrogens (tertiary/aromatic N) is 1. The first kappa shape index (κ1) is 18.1. The molecule has 2 amide bonds. The summed E-state index contributed by atoms with van der Waals surface area (Å²) in [4.78, 5) is 23.2. The van der Waals surface area contributed by atoms with Gasteiger partial charge >= 0.3 is 6.03 Å². The molecule has 0 unspecified atom stereocenters. The topological polar surface area (TPSA) is 100 Å². The molecule has 3 aromatic rings. The van der Waals surface area contributed by atoms with E-state index in [1.807, 2.05) is 30.3 Å². The van der Waals surface area contributed by atoms with Crippen molar-refractivity contribution in [1.82, 2.24) is 4.57 Å². The molecule has 4 rings (SSSR count). The number of carbonyl (C=O) groups is 2. The first-order valence-electron chi connectivity index (χ1n) is 9.55. The van der Waals surface area contributed by atoms with Crippen LogP contribution in [0, 0.1) is 0 Å². The minimum absolute atomic E-state index is 0.239. The number of ether oxygens (including phenoxy) is 1. The third-order valence-corrected chi connectivity index (χ3v) is 5.35. The second-order valence-electron chi connectivity index (χ2n) is 7.25. The Morgan fingerprint density at radius 1 is 0.964 bits per heavy atom. The number of rotatable bonds is 4. The molecule has 0 radical (unpaired) electrons. The van der Waals surface area contributed by atoms with Crippen molar-refractivity contribution >= 4 is 22.8 Å². The van der Waals surface area contributed by atoms with Crippen LogP contribution in [0.4, 0.5) is 4.79 Å². The summed E-state index contributed by atoms with van der Waals surface area (Å²) in [6.07, 6.45) is 7.76. The molecule has 6 nitrogen and oxygen atoms in total. The molecule has 6 heteroatoms. The van der Waals surface area contributed by atoms with Crippen molar-refractivity contribution in [1.29, 1.82) is 0 Å².